The second kappa shape index (κ2) is 6.16. The SMILES string of the molecule is O=C(NC1(c2nccs2)CCCC1)c1cc2c([nH]c1=O)CCCC2. The fourth-order valence-electron chi connectivity index (χ4n) is 3.96. The van der Waals surface area contributed by atoms with Crippen LogP contribution in [0, 0.1) is 0 Å². The maximum atomic E-state index is 12.9. The molecular weight excluding hydrogens is 322 g/mol. The molecule has 2 heterocycles. The Morgan fingerprint density at radius 1 is 1.21 bits per heavy atom. The number of carbonyl (C=O) groups excluding carboxylic acids is 1. The first-order chi connectivity index (χ1) is 11.7. The number of thiazole rings is 1. The van der Waals surface area contributed by atoms with Crippen molar-refractivity contribution in [2.45, 2.75) is 56.9 Å². The van der Waals surface area contributed by atoms with Crippen LogP contribution >= 0.6 is 11.3 Å². The maximum absolute atomic E-state index is 12.9. The maximum Gasteiger partial charge on any atom is 0.261 e. The van der Waals surface area contributed by atoms with Crippen molar-refractivity contribution < 1.29 is 4.79 Å². The van der Waals surface area contributed by atoms with Crippen LogP contribution in [0.4, 0.5) is 0 Å². The minimum absolute atomic E-state index is 0.235. The number of carbonyl (C=O) groups is 1. The molecule has 0 aromatic carbocycles. The Bertz CT molecular complexity index is 804. The number of hydrogen-bond donors (Lipinski definition) is 2. The third kappa shape index (κ3) is 2.69. The van der Waals surface area contributed by atoms with Crippen LogP contribution in [-0.2, 0) is 18.4 Å². The molecule has 1 fully saturated rings. The monoisotopic (exact) mass is 343 g/mol. The zero-order chi connectivity index (χ0) is 16.6. The van der Waals surface area contributed by atoms with Crippen molar-refractivity contribution in [3.63, 3.8) is 0 Å². The lowest BCUT2D eigenvalue weighted by Crippen LogP contribution is -2.45. The molecule has 6 heteroatoms. The van der Waals surface area contributed by atoms with Gasteiger partial charge >= 0.3 is 0 Å². The van der Waals surface area contributed by atoms with Gasteiger partial charge in [0.05, 0.1) is 5.54 Å². The van der Waals surface area contributed by atoms with Crippen LogP contribution in [-0.4, -0.2) is 15.9 Å². The average Bonchev–Trinajstić information content (AvgIpc) is 3.26. The van der Waals surface area contributed by atoms with E-state index in [9.17, 15) is 9.59 Å². The molecule has 0 saturated heterocycles. The van der Waals surface area contributed by atoms with E-state index in [-0.39, 0.29) is 17.0 Å². The number of aryl methyl sites for hydroxylation is 2. The number of aromatic nitrogens is 2. The molecular formula is C18H21N3O2S. The van der Waals surface area contributed by atoms with Gasteiger partial charge in [-0.25, -0.2) is 4.98 Å². The fourth-order valence-corrected chi connectivity index (χ4v) is 4.81. The third-order valence-electron chi connectivity index (χ3n) is 5.23. The van der Waals surface area contributed by atoms with Crippen LogP contribution in [0.15, 0.2) is 22.4 Å². The first-order valence-electron chi connectivity index (χ1n) is 8.65. The Morgan fingerprint density at radius 3 is 2.75 bits per heavy atom. The van der Waals surface area contributed by atoms with Crippen molar-refractivity contribution in [3.8, 4) is 0 Å². The van der Waals surface area contributed by atoms with E-state index in [1.807, 2.05) is 5.38 Å². The number of nitrogens with one attached hydrogen (secondary N) is 2. The Balaban J connectivity index is 1.65. The average molecular weight is 343 g/mol. The summed E-state index contributed by atoms with van der Waals surface area (Å²) in [7, 11) is 0. The first kappa shape index (κ1) is 15.6. The van der Waals surface area contributed by atoms with Crippen LogP contribution < -0.4 is 10.9 Å². The van der Waals surface area contributed by atoms with E-state index in [1.54, 1.807) is 23.6 Å². The second-order valence-corrected chi connectivity index (χ2v) is 7.70. The highest BCUT2D eigenvalue weighted by Crippen LogP contribution is 2.39. The van der Waals surface area contributed by atoms with Gasteiger partial charge in [0.15, 0.2) is 0 Å². The molecule has 0 atom stereocenters. The third-order valence-corrected chi connectivity index (χ3v) is 6.21. The van der Waals surface area contributed by atoms with Crippen LogP contribution in [0.3, 0.4) is 0 Å². The summed E-state index contributed by atoms with van der Waals surface area (Å²) >= 11 is 1.57. The summed E-state index contributed by atoms with van der Waals surface area (Å²) in [4.78, 5) is 32.6. The predicted molar refractivity (Wildman–Crippen MR) is 93.4 cm³/mol. The van der Waals surface area contributed by atoms with Crippen molar-refractivity contribution in [3.05, 3.63) is 49.8 Å². The zero-order valence-electron chi connectivity index (χ0n) is 13.6. The number of aromatic amines is 1. The van der Waals surface area contributed by atoms with Crippen molar-refractivity contribution in [2.24, 2.45) is 0 Å². The summed E-state index contributed by atoms with van der Waals surface area (Å²) in [6.45, 7) is 0. The van der Waals surface area contributed by atoms with Gasteiger partial charge in [0, 0.05) is 17.3 Å². The highest BCUT2D eigenvalue weighted by Gasteiger charge is 2.39. The highest BCUT2D eigenvalue weighted by molar-refractivity contribution is 7.09. The summed E-state index contributed by atoms with van der Waals surface area (Å²) in [5.74, 6) is -0.276. The number of H-pyrrole nitrogens is 1. The Morgan fingerprint density at radius 2 is 2.00 bits per heavy atom. The van der Waals surface area contributed by atoms with E-state index in [4.69, 9.17) is 0 Å². The lowest BCUT2D eigenvalue weighted by atomic mass is 9.94. The molecule has 0 spiro atoms. The van der Waals surface area contributed by atoms with E-state index < -0.39 is 5.54 Å². The van der Waals surface area contributed by atoms with Crippen LogP contribution in [0.5, 0.6) is 0 Å². The Hall–Kier alpha value is -1.95. The molecule has 2 aliphatic rings. The Kier molecular flexibility index (Phi) is 4.00. The van der Waals surface area contributed by atoms with Crippen LogP contribution in [0.1, 0.15) is 65.1 Å². The topological polar surface area (TPSA) is 74.8 Å². The van der Waals surface area contributed by atoms with Gasteiger partial charge in [0.2, 0.25) is 0 Å². The second-order valence-electron chi connectivity index (χ2n) is 6.80. The number of hydrogen-bond acceptors (Lipinski definition) is 4. The van der Waals surface area contributed by atoms with Gasteiger partial charge in [-0.2, -0.15) is 0 Å². The number of rotatable bonds is 3. The number of pyridine rings is 1. The lowest BCUT2D eigenvalue weighted by Gasteiger charge is -2.28. The van der Waals surface area contributed by atoms with E-state index >= 15 is 0 Å². The summed E-state index contributed by atoms with van der Waals surface area (Å²) in [6, 6.07) is 1.80. The summed E-state index contributed by atoms with van der Waals surface area (Å²) < 4.78 is 0. The van der Waals surface area contributed by atoms with Gasteiger partial charge in [-0.15, -0.1) is 11.3 Å². The van der Waals surface area contributed by atoms with E-state index in [1.165, 1.54) is 0 Å². The zero-order valence-corrected chi connectivity index (χ0v) is 14.4. The largest absolute Gasteiger partial charge is 0.340 e. The smallest absolute Gasteiger partial charge is 0.261 e. The minimum atomic E-state index is -0.409. The van der Waals surface area contributed by atoms with Gasteiger partial charge in [-0.1, -0.05) is 12.8 Å². The predicted octanol–water partition coefficient (Wildman–Crippen LogP) is 2.91. The van der Waals surface area contributed by atoms with Gasteiger partial charge in [0.25, 0.3) is 11.5 Å². The summed E-state index contributed by atoms with van der Waals surface area (Å²) in [6.07, 6.45) is 9.73. The van der Waals surface area contributed by atoms with E-state index in [0.29, 0.717) is 0 Å². The first-order valence-corrected chi connectivity index (χ1v) is 9.53. The molecule has 1 amide bonds. The number of fused-ring (bicyclic) bond motifs is 1. The minimum Gasteiger partial charge on any atom is -0.340 e. The molecule has 24 heavy (non-hydrogen) atoms. The van der Waals surface area contributed by atoms with Crippen molar-refractivity contribution in [1.29, 1.82) is 0 Å². The Labute approximate surface area is 144 Å². The molecule has 0 aliphatic heterocycles. The summed E-state index contributed by atoms with van der Waals surface area (Å²) in [5.41, 5.74) is 1.66. The molecule has 2 N–H and O–H groups in total. The summed E-state index contributed by atoms with van der Waals surface area (Å²) in [5, 5.41) is 6.03. The van der Waals surface area contributed by atoms with Crippen molar-refractivity contribution in [1.82, 2.24) is 15.3 Å². The number of amides is 1. The molecule has 0 unspecified atom stereocenters. The van der Waals surface area contributed by atoms with E-state index in [2.05, 4.69) is 15.3 Å². The highest BCUT2D eigenvalue weighted by atomic mass is 32.1. The van der Waals surface area contributed by atoms with E-state index in [0.717, 1.165) is 67.6 Å². The molecule has 126 valence electrons. The van der Waals surface area contributed by atoms with Gasteiger partial charge in [-0.3, -0.25) is 9.59 Å². The van der Waals surface area contributed by atoms with Crippen molar-refractivity contribution >= 4 is 17.2 Å². The lowest BCUT2D eigenvalue weighted by molar-refractivity contribution is 0.0896. The van der Waals surface area contributed by atoms with Gasteiger partial charge < -0.3 is 10.3 Å². The standard InChI is InChI=1S/C18H21N3O2S/c22-15-13(11-12-5-1-2-6-14(12)20-15)16(23)21-18(7-3-4-8-18)17-19-9-10-24-17/h9-11H,1-8H2,(H,20,22)(H,21,23). The van der Waals surface area contributed by atoms with Gasteiger partial charge in [-0.05, 0) is 50.2 Å². The normalized spacial score (nSPS) is 19.0. The number of nitrogens with zero attached hydrogens (tertiary/aromatic N) is 1. The molecule has 2 aliphatic carbocycles. The van der Waals surface area contributed by atoms with Crippen LogP contribution in [0.2, 0.25) is 0 Å². The molecule has 2 aromatic heterocycles. The molecule has 5 nitrogen and oxygen atoms in total. The van der Waals surface area contributed by atoms with Crippen molar-refractivity contribution in [2.75, 3.05) is 0 Å². The molecule has 2 aromatic rings. The molecule has 0 bridgehead atoms. The van der Waals surface area contributed by atoms with Gasteiger partial charge in [0.1, 0.15) is 10.6 Å². The quantitative estimate of drug-likeness (QED) is 0.900. The molecule has 0 radical (unpaired) electrons. The molecule has 1 saturated carbocycles. The molecule has 4 rings (SSSR count). The van der Waals surface area contributed by atoms with Crippen LogP contribution in [0.25, 0.3) is 0 Å². The fraction of sp³-hybridized carbons (Fsp3) is 0.500.